The summed E-state index contributed by atoms with van der Waals surface area (Å²) in [5.74, 6) is -0.357. The minimum Gasteiger partial charge on any atom is -0.398 e. The van der Waals surface area contributed by atoms with Crippen LogP contribution < -0.4 is 5.73 Å². The van der Waals surface area contributed by atoms with E-state index < -0.39 is 10.0 Å². The first-order chi connectivity index (χ1) is 9.80. The van der Waals surface area contributed by atoms with Gasteiger partial charge >= 0.3 is 0 Å². The normalized spacial score (nSPS) is 11.8. The molecule has 4 nitrogen and oxygen atoms in total. The maximum Gasteiger partial charge on any atom is 0.243 e. The maximum absolute atomic E-state index is 12.9. The summed E-state index contributed by atoms with van der Waals surface area (Å²) in [7, 11) is -2.18. The predicted molar refractivity (Wildman–Crippen MR) is 83.6 cm³/mol. The highest BCUT2D eigenvalue weighted by atomic mass is 79.9. The zero-order valence-corrected chi connectivity index (χ0v) is 13.7. The highest BCUT2D eigenvalue weighted by Gasteiger charge is 2.21. The number of hydrogen-bond donors (Lipinski definition) is 1. The van der Waals surface area contributed by atoms with E-state index in [9.17, 15) is 12.8 Å². The second kappa shape index (κ2) is 6.13. The van der Waals surface area contributed by atoms with Crippen molar-refractivity contribution >= 4 is 31.6 Å². The molecule has 0 heterocycles. The molecule has 2 aromatic carbocycles. The fourth-order valence-corrected chi connectivity index (χ4v) is 3.24. The van der Waals surface area contributed by atoms with Crippen molar-refractivity contribution in [3.63, 3.8) is 0 Å². The van der Waals surface area contributed by atoms with Gasteiger partial charge in [0.15, 0.2) is 0 Å². The van der Waals surface area contributed by atoms with E-state index in [0.717, 1.165) is 0 Å². The SMILES string of the molecule is CN(Cc1ccc(F)cc1)S(=O)(=O)c1ccc(Br)c(N)c1. The Balaban J connectivity index is 2.25. The van der Waals surface area contributed by atoms with E-state index in [1.165, 1.54) is 35.6 Å². The van der Waals surface area contributed by atoms with Gasteiger partial charge in [0.1, 0.15) is 5.82 Å². The number of nitrogen functional groups attached to an aromatic ring is 1. The third-order valence-electron chi connectivity index (χ3n) is 2.99. The van der Waals surface area contributed by atoms with Crippen LogP contribution in [0.3, 0.4) is 0 Å². The number of benzene rings is 2. The van der Waals surface area contributed by atoms with E-state index in [4.69, 9.17) is 5.73 Å². The molecule has 2 N–H and O–H groups in total. The summed E-state index contributed by atoms with van der Waals surface area (Å²) in [6, 6.07) is 10.2. The van der Waals surface area contributed by atoms with E-state index in [1.807, 2.05) is 0 Å². The van der Waals surface area contributed by atoms with Crippen molar-refractivity contribution in [3.8, 4) is 0 Å². The van der Waals surface area contributed by atoms with Crippen molar-refractivity contribution < 1.29 is 12.8 Å². The van der Waals surface area contributed by atoms with Gasteiger partial charge in [-0.1, -0.05) is 12.1 Å². The molecule has 0 saturated carbocycles. The van der Waals surface area contributed by atoms with Gasteiger partial charge in [-0.2, -0.15) is 4.31 Å². The first-order valence-corrected chi connectivity index (χ1v) is 8.30. The Kier molecular flexibility index (Phi) is 4.65. The van der Waals surface area contributed by atoms with Gasteiger partial charge in [-0.25, -0.2) is 12.8 Å². The van der Waals surface area contributed by atoms with E-state index in [-0.39, 0.29) is 17.3 Å². The second-order valence-electron chi connectivity index (χ2n) is 4.57. The Morgan fingerprint density at radius 3 is 2.38 bits per heavy atom. The molecule has 112 valence electrons. The summed E-state index contributed by atoms with van der Waals surface area (Å²) >= 11 is 3.22. The molecule has 7 heteroatoms. The number of anilines is 1. The Hall–Kier alpha value is -1.44. The second-order valence-corrected chi connectivity index (χ2v) is 7.47. The minimum absolute atomic E-state index is 0.118. The molecular weight excluding hydrogens is 359 g/mol. The lowest BCUT2D eigenvalue weighted by molar-refractivity contribution is 0.466. The summed E-state index contributed by atoms with van der Waals surface area (Å²) in [4.78, 5) is 0.118. The third kappa shape index (κ3) is 3.61. The summed E-state index contributed by atoms with van der Waals surface area (Å²) in [5, 5.41) is 0. The van der Waals surface area contributed by atoms with Gasteiger partial charge in [-0.05, 0) is 51.8 Å². The minimum atomic E-state index is -3.65. The molecule has 0 radical (unpaired) electrons. The summed E-state index contributed by atoms with van der Waals surface area (Å²) in [5.41, 5.74) is 6.77. The lowest BCUT2D eigenvalue weighted by Crippen LogP contribution is -2.26. The quantitative estimate of drug-likeness (QED) is 0.839. The standard InChI is InChI=1S/C14H14BrFN2O2S/c1-18(9-10-2-4-11(16)5-3-10)21(19,20)12-6-7-13(15)14(17)8-12/h2-8H,9,17H2,1H3. The van der Waals surface area contributed by atoms with Gasteiger partial charge in [0.05, 0.1) is 4.90 Å². The number of hydrogen-bond acceptors (Lipinski definition) is 3. The molecule has 21 heavy (non-hydrogen) atoms. The van der Waals surface area contributed by atoms with Crippen molar-refractivity contribution in [1.29, 1.82) is 0 Å². The molecule has 0 saturated heterocycles. The van der Waals surface area contributed by atoms with E-state index in [1.54, 1.807) is 18.2 Å². The number of sulfonamides is 1. The van der Waals surface area contributed by atoms with Crippen molar-refractivity contribution in [2.24, 2.45) is 0 Å². The monoisotopic (exact) mass is 372 g/mol. The van der Waals surface area contributed by atoms with Crippen LogP contribution in [0.25, 0.3) is 0 Å². The number of rotatable bonds is 4. The topological polar surface area (TPSA) is 63.4 Å². The lowest BCUT2D eigenvalue weighted by atomic mass is 10.2. The van der Waals surface area contributed by atoms with Crippen LogP contribution in [0, 0.1) is 5.82 Å². The van der Waals surface area contributed by atoms with Gasteiger partial charge < -0.3 is 5.73 Å². The molecule has 0 aliphatic carbocycles. The molecule has 0 amide bonds. The summed E-state index contributed by atoms with van der Waals surface area (Å²) in [6.45, 7) is 0.151. The summed E-state index contributed by atoms with van der Waals surface area (Å²) in [6.07, 6.45) is 0. The molecule has 0 bridgehead atoms. The Labute approximate surface area is 131 Å². The molecule has 0 fully saturated rings. The molecule has 0 aromatic heterocycles. The first-order valence-electron chi connectivity index (χ1n) is 6.06. The fourth-order valence-electron chi connectivity index (χ4n) is 1.79. The first kappa shape index (κ1) is 15.9. The average Bonchev–Trinajstić information content (AvgIpc) is 2.44. The van der Waals surface area contributed by atoms with Crippen LogP contribution in [0.1, 0.15) is 5.56 Å². The van der Waals surface area contributed by atoms with Gasteiger partial charge in [0.25, 0.3) is 0 Å². The molecule has 0 aliphatic heterocycles. The van der Waals surface area contributed by atoms with Crippen LogP contribution in [0.5, 0.6) is 0 Å². The van der Waals surface area contributed by atoms with E-state index in [2.05, 4.69) is 15.9 Å². The van der Waals surface area contributed by atoms with Crippen molar-refractivity contribution in [3.05, 3.63) is 58.3 Å². The highest BCUT2D eigenvalue weighted by Crippen LogP contribution is 2.25. The van der Waals surface area contributed by atoms with Crippen molar-refractivity contribution in [2.45, 2.75) is 11.4 Å². The third-order valence-corrected chi connectivity index (χ3v) is 5.52. The molecule has 0 aliphatic rings. The summed E-state index contributed by atoms with van der Waals surface area (Å²) < 4.78 is 39.6. The van der Waals surface area contributed by atoms with Crippen molar-refractivity contribution in [2.75, 3.05) is 12.8 Å². The Bertz CT molecular complexity index is 748. The van der Waals surface area contributed by atoms with Crippen LogP contribution in [0.4, 0.5) is 10.1 Å². The maximum atomic E-state index is 12.9. The van der Waals surface area contributed by atoms with Crippen LogP contribution in [0.2, 0.25) is 0 Å². The average molecular weight is 373 g/mol. The molecule has 2 rings (SSSR count). The van der Waals surface area contributed by atoms with Crippen LogP contribution >= 0.6 is 15.9 Å². The van der Waals surface area contributed by atoms with Gasteiger partial charge in [-0.3, -0.25) is 0 Å². The van der Waals surface area contributed by atoms with Gasteiger partial charge in [0, 0.05) is 23.8 Å². The highest BCUT2D eigenvalue weighted by molar-refractivity contribution is 9.10. The van der Waals surface area contributed by atoms with Gasteiger partial charge in [0.2, 0.25) is 10.0 Å². The smallest absolute Gasteiger partial charge is 0.243 e. The van der Waals surface area contributed by atoms with Crippen LogP contribution in [0.15, 0.2) is 51.8 Å². The largest absolute Gasteiger partial charge is 0.398 e. The molecule has 0 unspecified atom stereocenters. The lowest BCUT2D eigenvalue weighted by Gasteiger charge is -2.17. The van der Waals surface area contributed by atoms with Gasteiger partial charge in [-0.15, -0.1) is 0 Å². The number of nitrogens with zero attached hydrogens (tertiary/aromatic N) is 1. The predicted octanol–water partition coefficient (Wildman–Crippen LogP) is 2.99. The molecule has 0 spiro atoms. The molecule has 0 atom stereocenters. The van der Waals surface area contributed by atoms with Crippen molar-refractivity contribution in [1.82, 2.24) is 4.31 Å². The molecular formula is C14H14BrFN2O2S. The number of halogens is 2. The zero-order chi connectivity index (χ0) is 15.6. The Morgan fingerprint density at radius 2 is 1.81 bits per heavy atom. The Morgan fingerprint density at radius 1 is 1.19 bits per heavy atom. The van der Waals surface area contributed by atoms with Crippen LogP contribution in [-0.4, -0.2) is 19.8 Å². The number of nitrogens with two attached hydrogens (primary N) is 1. The van der Waals surface area contributed by atoms with E-state index in [0.29, 0.717) is 15.7 Å². The molecule has 2 aromatic rings. The zero-order valence-electron chi connectivity index (χ0n) is 11.3. The van der Waals surface area contributed by atoms with Crippen LogP contribution in [-0.2, 0) is 16.6 Å². The van der Waals surface area contributed by atoms with E-state index >= 15 is 0 Å². The fraction of sp³-hybridized carbons (Fsp3) is 0.143.